The van der Waals surface area contributed by atoms with E-state index in [9.17, 15) is 4.79 Å². The van der Waals surface area contributed by atoms with Gasteiger partial charge >= 0.3 is 5.97 Å². The van der Waals surface area contributed by atoms with E-state index in [1.807, 2.05) is 12.1 Å². The molecule has 0 fully saturated rings. The van der Waals surface area contributed by atoms with E-state index in [0.29, 0.717) is 23.7 Å². The lowest BCUT2D eigenvalue weighted by Crippen LogP contribution is -2.09. The molecule has 0 bridgehead atoms. The summed E-state index contributed by atoms with van der Waals surface area (Å²) in [4.78, 5) is 11.5. The summed E-state index contributed by atoms with van der Waals surface area (Å²) >= 11 is 0. The third-order valence-corrected chi connectivity index (χ3v) is 2.66. The molecule has 1 aromatic rings. The van der Waals surface area contributed by atoms with Crippen molar-refractivity contribution >= 4 is 5.97 Å². The van der Waals surface area contributed by atoms with E-state index < -0.39 is 5.97 Å². The molecule has 0 radical (unpaired) electrons. The van der Waals surface area contributed by atoms with E-state index in [4.69, 9.17) is 9.47 Å². The first-order valence-electron chi connectivity index (χ1n) is 6.74. The van der Waals surface area contributed by atoms with Crippen molar-refractivity contribution in [1.82, 2.24) is 0 Å². The zero-order chi connectivity index (χ0) is 14.1. The van der Waals surface area contributed by atoms with Crippen LogP contribution in [0.5, 0.6) is 11.5 Å². The third kappa shape index (κ3) is 5.60. The molecule has 0 N–H and O–H groups in total. The number of hydrogen-bond donors (Lipinski definition) is 0. The van der Waals surface area contributed by atoms with Crippen LogP contribution < -0.4 is 9.47 Å². The van der Waals surface area contributed by atoms with Gasteiger partial charge in [-0.2, -0.15) is 0 Å². The molecule has 0 aliphatic rings. The number of rotatable bonds is 8. The van der Waals surface area contributed by atoms with E-state index in [1.54, 1.807) is 19.1 Å². The average molecular weight is 262 g/mol. The number of carbonyl (C=O) groups is 1. The van der Waals surface area contributed by atoms with Crippen molar-refractivity contribution in [3.8, 4) is 11.5 Å². The molecule has 0 amide bonds. The van der Waals surface area contributed by atoms with Crippen LogP contribution in [0, 0.1) is 0 Å². The summed E-state index contributed by atoms with van der Waals surface area (Å²) in [5.74, 6) is 0.627. The molecule has 0 spiro atoms. The maximum Gasteiger partial charge on any atom is 0.338 e. The SMILES string of the molecule is C=C(C)C(=O)Oc1ccccc1OCCCCCC. The lowest BCUT2D eigenvalue weighted by atomic mass is 10.2. The molecule has 0 unspecified atom stereocenters. The van der Waals surface area contributed by atoms with E-state index in [1.165, 1.54) is 12.8 Å². The summed E-state index contributed by atoms with van der Waals surface area (Å²) < 4.78 is 10.9. The molecule has 0 saturated heterocycles. The van der Waals surface area contributed by atoms with Crippen LogP contribution in [-0.4, -0.2) is 12.6 Å². The molecule has 0 atom stereocenters. The van der Waals surface area contributed by atoms with Gasteiger partial charge in [0.25, 0.3) is 0 Å². The molecule has 3 heteroatoms. The van der Waals surface area contributed by atoms with Crippen LogP contribution in [0.25, 0.3) is 0 Å². The highest BCUT2D eigenvalue weighted by Gasteiger charge is 2.10. The van der Waals surface area contributed by atoms with Crippen LogP contribution >= 0.6 is 0 Å². The van der Waals surface area contributed by atoms with Crippen molar-refractivity contribution in [1.29, 1.82) is 0 Å². The Bertz CT molecular complexity index is 424. The normalized spacial score (nSPS) is 10.0. The molecule has 104 valence electrons. The Morgan fingerprint density at radius 3 is 2.47 bits per heavy atom. The Morgan fingerprint density at radius 1 is 1.16 bits per heavy atom. The summed E-state index contributed by atoms with van der Waals surface area (Å²) in [7, 11) is 0. The van der Waals surface area contributed by atoms with Crippen LogP contribution in [0.1, 0.15) is 39.5 Å². The van der Waals surface area contributed by atoms with Crippen LogP contribution in [0.2, 0.25) is 0 Å². The van der Waals surface area contributed by atoms with E-state index in [2.05, 4.69) is 13.5 Å². The fraction of sp³-hybridized carbons (Fsp3) is 0.438. The number of ether oxygens (including phenoxy) is 2. The molecule has 1 rings (SSSR count). The van der Waals surface area contributed by atoms with Crippen LogP contribution in [0.3, 0.4) is 0 Å². The molecule has 0 aliphatic carbocycles. The van der Waals surface area contributed by atoms with Gasteiger partial charge in [0.15, 0.2) is 11.5 Å². The van der Waals surface area contributed by atoms with Crippen molar-refractivity contribution in [2.45, 2.75) is 39.5 Å². The number of unbranched alkanes of at least 4 members (excludes halogenated alkanes) is 3. The van der Waals surface area contributed by atoms with Crippen molar-refractivity contribution in [2.24, 2.45) is 0 Å². The fourth-order valence-corrected chi connectivity index (χ4v) is 1.55. The van der Waals surface area contributed by atoms with E-state index in [0.717, 1.165) is 12.8 Å². The highest BCUT2D eigenvalue weighted by Crippen LogP contribution is 2.27. The first-order chi connectivity index (χ1) is 9.15. The number of para-hydroxylation sites is 2. The van der Waals surface area contributed by atoms with Gasteiger partial charge in [0.2, 0.25) is 0 Å². The third-order valence-electron chi connectivity index (χ3n) is 2.66. The molecule has 19 heavy (non-hydrogen) atoms. The summed E-state index contributed by atoms with van der Waals surface area (Å²) in [6, 6.07) is 7.20. The second-order valence-corrected chi connectivity index (χ2v) is 4.53. The largest absolute Gasteiger partial charge is 0.490 e. The van der Waals surface area contributed by atoms with Crippen molar-refractivity contribution in [2.75, 3.05) is 6.61 Å². The van der Waals surface area contributed by atoms with Crippen LogP contribution in [0.4, 0.5) is 0 Å². The molecular weight excluding hydrogens is 240 g/mol. The second-order valence-electron chi connectivity index (χ2n) is 4.53. The predicted octanol–water partition coefficient (Wildman–Crippen LogP) is 4.13. The number of benzene rings is 1. The molecule has 1 aromatic carbocycles. The Hall–Kier alpha value is -1.77. The van der Waals surface area contributed by atoms with Gasteiger partial charge in [-0.05, 0) is 25.5 Å². The second kappa shape index (κ2) is 8.35. The lowest BCUT2D eigenvalue weighted by Gasteiger charge is -2.11. The molecule has 0 saturated carbocycles. The monoisotopic (exact) mass is 262 g/mol. The lowest BCUT2D eigenvalue weighted by molar-refractivity contribution is -0.130. The minimum atomic E-state index is -0.429. The number of carbonyl (C=O) groups excluding carboxylic acids is 1. The summed E-state index contributed by atoms with van der Waals surface area (Å²) in [5, 5.41) is 0. The highest BCUT2D eigenvalue weighted by atomic mass is 16.6. The van der Waals surface area contributed by atoms with Crippen LogP contribution in [-0.2, 0) is 4.79 Å². The van der Waals surface area contributed by atoms with Gasteiger partial charge in [0.05, 0.1) is 6.61 Å². The zero-order valence-corrected chi connectivity index (χ0v) is 11.8. The molecule has 0 aliphatic heterocycles. The number of hydrogen-bond acceptors (Lipinski definition) is 3. The number of esters is 1. The Labute approximate surface area is 115 Å². The Morgan fingerprint density at radius 2 is 1.84 bits per heavy atom. The first kappa shape index (κ1) is 15.3. The predicted molar refractivity (Wildman–Crippen MR) is 76.5 cm³/mol. The van der Waals surface area contributed by atoms with Gasteiger partial charge in [-0.15, -0.1) is 0 Å². The minimum Gasteiger partial charge on any atom is -0.490 e. The van der Waals surface area contributed by atoms with Crippen molar-refractivity contribution < 1.29 is 14.3 Å². The smallest absolute Gasteiger partial charge is 0.338 e. The molecule has 0 heterocycles. The Kier molecular flexibility index (Phi) is 6.72. The standard InChI is InChI=1S/C16H22O3/c1-4-5-6-9-12-18-14-10-7-8-11-15(14)19-16(17)13(2)3/h7-8,10-11H,2,4-6,9,12H2,1,3H3. The summed E-state index contributed by atoms with van der Waals surface area (Å²) in [5.41, 5.74) is 0.373. The highest BCUT2D eigenvalue weighted by molar-refractivity contribution is 5.89. The van der Waals surface area contributed by atoms with Crippen molar-refractivity contribution in [3.05, 3.63) is 36.4 Å². The van der Waals surface area contributed by atoms with Gasteiger partial charge in [0, 0.05) is 5.57 Å². The maximum absolute atomic E-state index is 11.5. The van der Waals surface area contributed by atoms with Gasteiger partial charge in [-0.1, -0.05) is 44.9 Å². The average Bonchev–Trinajstić information content (AvgIpc) is 2.40. The fourth-order valence-electron chi connectivity index (χ4n) is 1.55. The van der Waals surface area contributed by atoms with Gasteiger partial charge < -0.3 is 9.47 Å². The van der Waals surface area contributed by atoms with Crippen molar-refractivity contribution in [3.63, 3.8) is 0 Å². The minimum absolute atomic E-state index is 0.373. The summed E-state index contributed by atoms with van der Waals surface area (Å²) in [6.45, 7) is 8.00. The zero-order valence-electron chi connectivity index (χ0n) is 11.8. The quantitative estimate of drug-likeness (QED) is 0.306. The van der Waals surface area contributed by atoms with E-state index >= 15 is 0 Å². The Balaban J connectivity index is 2.53. The maximum atomic E-state index is 11.5. The molecular formula is C16H22O3. The topological polar surface area (TPSA) is 35.5 Å². The summed E-state index contributed by atoms with van der Waals surface area (Å²) in [6.07, 6.45) is 4.59. The molecule has 3 nitrogen and oxygen atoms in total. The first-order valence-corrected chi connectivity index (χ1v) is 6.74. The van der Waals surface area contributed by atoms with Gasteiger partial charge in [0.1, 0.15) is 0 Å². The van der Waals surface area contributed by atoms with Crippen LogP contribution in [0.15, 0.2) is 36.4 Å². The van der Waals surface area contributed by atoms with Gasteiger partial charge in [-0.3, -0.25) is 0 Å². The van der Waals surface area contributed by atoms with Gasteiger partial charge in [-0.25, -0.2) is 4.79 Å². The van der Waals surface area contributed by atoms with E-state index in [-0.39, 0.29) is 0 Å². The molecule has 0 aromatic heterocycles.